The molecule has 1 saturated carbocycles. The Hall–Kier alpha value is -1.17. The molecule has 4 aliphatic rings. The Bertz CT molecular complexity index is 720. The fraction of sp³-hybridized carbons (Fsp3) is 0.762. The molecule has 5 nitrogen and oxygen atoms in total. The molecule has 0 aromatic rings. The Morgan fingerprint density at radius 3 is 2.46 bits per heavy atom. The first-order valence-corrected chi connectivity index (χ1v) is 9.75. The molecule has 0 aromatic heterocycles. The molecule has 0 radical (unpaired) electrons. The standard InChI is InChI=1S/C21H30O5/c1-10(2)13-18(25-5)16(23)15-17-14-12(19(24)26-17)11(22)6-7-20(14,3)8-9-21(13,15)4/h10-11,13,18-19,22,24H,6-9H2,1-5H3/t11-,13-,18+,19-,20-,21+/m0/s1. The molecule has 1 fully saturated rings. The van der Waals surface area contributed by atoms with Gasteiger partial charge in [0.25, 0.3) is 0 Å². The molecule has 3 aliphatic carbocycles. The molecule has 0 aromatic carbocycles. The Morgan fingerprint density at radius 1 is 1.15 bits per heavy atom. The molecule has 4 rings (SSSR count). The number of fused-ring (bicyclic) bond motifs is 1. The van der Waals surface area contributed by atoms with E-state index in [-0.39, 0.29) is 28.4 Å². The molecular formula is C21H30O5. The number of aliphatic hydroxyl groups is 2. The second-order valence-electron chi connectivity index (χ2n) is 9.33. The largest absolute Gasteiger partial charge is 0.460 e. The van der Waals surface area contributed by atoms with E-state index < -0.39 is 18.5 Å². The Labute approximate surface area is 155 Å². The van der Waals surface area contributed by atoms with Gasteiger partial charge in [0.15, 0.2) is 5.78 Å². The zero-order valence-electron chi connectivity index (χ0n) is 16.3. The maximum atomic E-state index is 13.4. The summed E-state index contributed by atoms with van der Waals surface area (Å²) in [7, 11) is 1.60. The number of aliphatic hydroxyl groups excluding tert-OH is 2. The summed E-state index contributed by atoms with van der Waals surface area (Å²) in [6.45, 7) is 8.62. The molecule has 0 spiro atoms. The van der Waals surface area contributed by atoms with Crippen LogP contribution < -0.4 is 0 Å². The van der Waals surface area contributed by atoms with E-state index >= 15 is 0 Å². The van der Waals surface area contributed by atoms with Crippen LogP contribution in [0.15, 0.2) is 22.5 Å². The first-order valence-electron chi connectivity index (χ1n) is 9.75. The smallest absolute Gasteiger partial charge is 0.223 e. The maximum Gasteiger partial charge on any atom is 0.223 e. The number of carbonyl (C=O) groups excluding carboxylic acids is 1. The topological polar surface area (TPSA) is 76.0 Å². The number of rotatable bonds is 2. The number of methoxy groups -OCH3 is 1. The van der Waals surface area contributed by atoms with Gasteiger partial charge in [-0.05, 0) is 37.0 Å². The van der Waals surface area contributed by atoms with Crippen molar-refractivity contribution in [3.8, 4) is 0 Å². The summed E-state index contributed by atoms with van der Waals surface area (Å²) >= 11 is 0. The van der Waals surface area contributed by atoms with Gasteiger partial charge in [0.05, 0.1) is 6.10 Å². The number of allylic oxidation sites excluding steroid dienone is 1. The van der Waals surface area contributed by atoms with E-state index in [0.29, 0.717) is 23.3 Å². The van der Waals surface area contributed by atoms with Crippen molar-refractivity contribution in [3.05, 3.63) is 22.5 Å². The van der Waals surface area contributed by atoms with Gasteiger partial charge >= 0.3 is 0 Å². The molecule has 0 unspecified atom stereocenters. The molecule has 2 N–H and O–H groups in total. The van der Waals surface area contributed by atoms with Gasteiger partial charge in [0, 0.05) is 35.2 Å². The SMILES string of the molecule is CO[C@H]1C(=O)C2=C3O[C@H](O)C4=C3[C@@](C)(CC[C@@H]4O)CC[C@]2(C)[C@H]1C(C)C. The van der Waals surface area contributed by atoms with E-state index in [1.807, 2.05) is 0 Å². The molecule has 6 atom stereocenters. The second-order valence-corrected chi connectivity index (χ2v) is 9.33. The lowest BCUT2D eigenvalue weighted by molar-refractivity contribution is -0.126. The predicted molar refractivity (Wildman–Crippen MR) is 96.0 cm³/mol. The summed E-state index contributed by atoms with van der Waals surface area (Å²) in [6, 6.07) is 0. The molecule has 1 aliphatic heterocycles. The van der Waals surface area contributed by atoms with Crippen LogP contribution in [0.1, 0.15) is 53.4 Å². The lowest BCUT2D eigenvalue weighted by atomic mass is 9.65. The van der Waals surface area contributed by atoms with Crippen LogP contribution in [0.5, 0.6) is 0 Å². The predicted octanol–water partition coefficient (Wildman–Crippen LogP) is 2.72. The Kier molecular flexibility index (Phi) is 3.97. The van der Waals surface area contributed by atoms with Crippen LogP contribution in [0.25, 0.3) is 0 Å². The van der Waals surface area contributed by atoms with Crippen molar-refractivity contribution >= 4 is 5.78 Å². The molecule has 0 amide bonds. The molecule has 0 saturated heterocycles. The minimum Gasteiger partial charge on any atom is -0.460 e. The van der Waals surface area contributed by atoms with Crippen molar-refractivity contribution in [3.63, 3.8) is 0 Å². The summed E-state index contributed by atoms with van der Waals surface area (Å²) in [5, 5.41) is 21.0. The second kappa shape index (κ2) is 5.66. The first-order chi connectivity index (χ1) is 12.2. The zero-order chi connectivity index (χ0) is 19.0. The van der Waals surface area contributed by atoms with Gasteiger partial charge in [-0.3, -0.25) is 4.79 Å². The molecule has 5 heteroatoms. The van der Waals surface area contributed by atoms with Crippen molar-refractivity contribution in [1.29, 1.82) is 0 Å². The van der Waals surface area contributed by atoms with Crippen LogP contribution in [0.2, 0.25) is 0 Å². The molecule has 144 valence electrons. The summed E-state index contributed by atoms with van der Waals surface area (Å²) in [5.74, 6) is 0.866. The van der Waals surface area contributed by atoms with Crippen molar-refractivity contribution in [2.75, 3.05) is 7.11 Å². The fourth-order valence-corrected chi connectivity index (χ4v) is 6.24. The average molecular weight is 362 g/mol. The minimum absolute atomic E-state index is 0.0195. The highest BCUT2D eigenvalue weighted by molar-refractivity contribution is 6.04. The summed E-state index contributed by atoms with van der Waals surface area (Å²) in [4.78, 5) is 13.4. The number of ether oxygens (including phenoxy) is 2. The van der Waals surface area contributed by atoms with Crippen molar-refractivity contribution in [1.82, 2.24) is 0 Å². The van der Waals surface area contributed by atoms with Crippen LogP contribution in [-0.2, 0) is 14.3 Å². The molecule has 0 bridgehead atoms. The van der Waals surface area contributed by atoms with Crippen molar-refractivity contribution < 1.29 is 24.5 Å². The van der Waals surface area contributed by atoms with E-state index in [1.165, 1.54) is 0 Å². The zero-order valence-corrected chi connectivity index (χ0v) is 16.3. The van der Waals surface area contributed by atoms with Crippen molar-refractivity contribution in [2.45, 2.75) is 71.9 Å². The number of hydrogen-bond acceptors (Lipinski definition) is 5. The Balaban J connectivity index is 2.00. The van der Waals surface area contributed by atoms with Crippen LogP contribution in [0.4, 0.5) is 0 Å². The highest BCUT2D eigenvalue weighted by atomic mass is 16.6. The quantitative estimate of drug-likeness (QED) is 0.790. The number of ketones is 1. The third-order valence-corrected chi connectivity index (χ3v) is 7.48. The lowest BCUT2D eigenvalue weighted by Crippen LogP contribution is -2.36. The van der Waals surface area contributed by atoms with Gasteiger partial charge < -0.3 is 19.7 Å². The molecular weight excluding hydrogens is 332 g/mol. The van der Waals surface area contributed by atoms with E-state index in [9.17, 15) is 15.0 Å². The van der Waals surface area contributed by atoms with Crippen LogP contribution >= 0.6 is 0 Å². The summed E-state index contributed by atoms with van der Waals surface area (Å²) in [5.41, 5.74) is 1.60. The van der Waals surface area contributed by atoms with E-state index in [0.717, 1.165) is 24.8 Å². The van der Waals surface area contributed by atoms with E-state index in [2.05, 4.69) is 27.7 Å². The maximum absolute atomic E-state index is 13.4. The highest BCUT2D eigenvalue weighted by Gasteiger charge is 2.61. The van der Waals surface area contributed by atoms with Gasteiger partial charge in [-0.15, -0.1) is 0 Å². The average Bonchev–Trinajstić information content (AvgIpc) is 2.99. The Morgan fingerprint density at radius 2 is 1.85 bits per heavy atom. The number of hydrogen-bond donors (Lipinski definition) is 2. The number of carbonyl (C=O) groups is 1. The minimum atomic E-state index is -1.16. The van der Waals surface area contributed by atoms with Crippen LogP contribution in [0.3, 0.4) is 0 Å². The van der Waals surface area contributed by atoms with Gasteiger partial charge in [-0.1, -0.05) is 27.7 Å². The molecule has 1 heterocycles. The van der Waals surface area contributed by atoms with Gasteiger partial charge in [-0.2, -0.15) is 0 Å². The van der Waals surface area contributed by atoms with Crippen LogP contribution in [-0.4, -0.2) is 41.6 Å². The van der Waals surface area contributed by atoms with E-state index in [1.54, 1.807) is 7.11 Å². The third-order valence-electron chi connectivity index (χ3n) is 7.48. The first kappa shape index (κ1) is 18.2. The van der Waals surface area contributed by atoms with Crippen molar-refractivity contribution in [2.24, 2.45) is 22.7 Å². The molecule has 26 heavy (non-hydrogen) atoms. The number of Topliss-reactive ketones (excluding diaryl/α,β-unsaturated/α-hetero) is 1. The normalized spacial score (nSPS) is 45.0. The van der Waals surface area contributed by atoms with E-state index in [4.69, 9.17) is 9.47 Å². The third kappa shape index (κ3) is 2.11. The fourth-order valence-electron chi connectivity index (χ4n) is 6.24. The van der Waals surface area contributed by atoms with Gasteiger partial charge in [0.1, 0.15) is 11.9 Å². The van der Waals surface area contributed by atoms with Gasteiger partial charge in [0.2, 0.25) is 6.29 Å². The monoisotopic (exact) mass is 362 g/mol. The lowest BCUT2D eigenvalue weighted by Gasteiger charge is -2.39. The summed E-state index contributed by atoms with van der Waals surface area (Å²) < 4.78 is 11.5. The highest BCUT2D eigenvalue weighted by Crippen LogP contribution is 2.63. The van der Waals surface area contributed by atoms with Crippen LogP contribution in [0, 0.1) is 22.7 Å². The summed E-state index contributed by atoms with van der Waals surface area (Å²) in [6.07, 6.45) is 0.906. The van der Waals surface area contributed by atoms with Gasteiger partial charge in [-0.25, -0.2) is 0 Å².